The number of thioether (sulfide) groups is 1. The van der Waals surface area contributed by atoms with Crippen LogP contribution in [-0.4, -0.2) is 16.0 Å². The molecule has 4 aromatic rings. The molecule has 1 aliphatic rings. The van der Waals surface area contributed by atoms with Crippen LogP contribution in [0.1, 0.15) is 11.1 Å². The molecule has 1 aliphatic heterocycles. The normalized spacial score (nSPS) is 15.1. The molecule has 2 amide bonds. The molecule has 7 heteroatoms. The van der Waals surface area contributed by atoms with Gasteiger partial charge in [0.15, 0.2) is 5.43 Å². The summed E-state index contributed by atoms with van der Waals surface area (Å²) in [5, 5.41) is 0.821. The molecule has 5 nitrogen and oxygen atoms in total. The molecule has 33 heavy (non-hydrogen) atoms. The summed E-state index contributed by atoms with van der Waals surface area (Å²) in [7, 11) is 0. The number of benzene rings is 3. The first-order chi connectivity index (χ1) is 16.0. The van der Waals surface area contributed by atoms with Crippen molar-refractivity contribution in [1.82, 2.24) is 4.90 Å². The second-order valence-corrected chi connectivity index (χ2v) is 8.92. The Bertz CT molecular complexity index is 1470. The number of nitrogens with zero attached hydrogens (tertiary/aromatic N) is 1. The molecule has 0 N–H and O–H groups in total. The van der Waals surface area contributed by atoms with Crippen molar-refractivity contribution in [3.63, 3.8) is 0 Å². The highest BCUT2D eigenvalue weighted by molar-refractivity contribution is 8.18. The van der Waals surface area contributed by atoms with E-state index in [-0.39, 0.29) is 23.1 Å². The summed E-state index contributed by atoms with van der Waals surface area (Å²) >= 11 is 6.82. The van der Waals surface area contributed by atoms with Gasteiger partial charge in [-0.1, -0.05) is 60.1 Å². The van der Waals surface area contributed by atoms with Crippen molar-refractivity contribution < 1.29 is 14.0 Å². The van der Waals surface area contributed by atoms with Crippen LogP contribution in [0.2, 0.25) is 5.02 Å². The molecular formula is C26H16ClNO4S. The van der Waals surface area contributed by atoms with Gasteiger partial charge in [-0.25, -0.2) is 0 Å². The topological polar surface area (TPSA) is 67.6 Å². The SMILES string of the molecule is O=C1S/C(=C/c2ccc(-c3cc(=O)c4ccccc4o3)cc2)C(=O)N1Cc1ccc(Cl)cc1. The predicted molar refractivity (Wildman–Crippen MR) is 131 cm³/mol. The van der Waals surface area contributed by atoms with Crippen LogP contribution in [0.3, 0.4) is 0 Å². The molecule has 0 bridgehead atoms. The van der Waals surface area contributed by atoms with E-state index in [9.17, 15) is 14.4 Å². The minimum absolute atomic E-state index is 0.106. The first kappa shape index (κ1) is 21.2. The third-order valence-corrected chi connectivity index (χ3v) is 6.41. The third-order valence-electron chi connectivity index (χ3n) is 5.26. The Balaban J connectivity index is 1.37. The van der Waals surface area contributed by atoms with Crippen LogP contribution in [0.25, 0.3) is 28.4 Å². The Morgan fingerprint density at radius 2 is 1.64 bits per heavy atom. The van der Waals surface area contributed by atoms with Crippen molar-refractivity contribution in [3.05, 3.63) is 110 Å². The molecule has 3 aromatic carbocycles. The summed E-state index contributed by atoms with van der Waals surface area (Å²) in [6, 6.07) is 22.9. The quantitative estimate of drug-likeness (QED) is 0.323. The summed E-state index contributed by atoms with van der Waals surface area (Å²) in [6.07, 6.45) is 1.69. The highest BCUT2D eigenvalue weighted by atomic mass is 35.5. The van der Waals surface area contributed by atoms with Gasteiger partial charge in [-0.3, -0.25) is 19.3 Å². The number of imide groups is 1. The van der Waals surface area contributed by atoms with E-state index in [1.807, 2.05) is 30.3 Å². The van der Waals surface area contributed by atoms with Gasteiger partial charge in [0, 0.05) is 16.7 Å². The number of hydrogen-bond acceptors (Lipinski definition) is 5. The lowest BCUT2D eigenvalue weighted by Crippen LogP contribution is -2.27. The maximum Gasteiger partial charge on any atom is 0.293 e. The van der Waals surface area contributed by atoms with Crippen molar-refractivity contribution >= 4 is 51.6 Å². The van der Waals surface area contributed by atoms with E-state index < -0.39 is 0 Å². The van der Waals surface area contributed by atoms with Gasteiger partial charge < -0.3 is 4.42 Å². The fraction of sp³-hybridized carbons (Fsp3) is 0.0385. The number of amides is 2. The summed E-state index contributed by atoms with van der Waals surface area (Å²) < 4.78 is 5.88. The molecule has 1 aromatic heterocycles. The van der Waals surface area contributed by atoms with Crippen molar-refractivity contribution in [1.29, 1.82) is 0 Å². The fourth-order valence-electron chi connectivity index (χ4n) is 3.55. The molecule has 0 unspecified atom stereocenters. The van der Waals surface area contributed by atoms with Gasteiger partial charge in [0.05, 0.1) is 16.8 Å². The molecule has 162 valence electrons. The Morgan fingerprint density at radius 3 is 2.39 bits per heavy atom. The molecule has 0 atom stereocenters. The third kappa shape index (κ3) is 4.35. The Morgan fingerprint density at radius 1 is 0.909 bits per heavy atom. The van der Waals surface area contributed by atoms with Crippen LogP contribution < -0.4 is 5.43 Å². The fourth-order valence-corrected chi connectivity index (χ4v) is 4.51. The maximum atomic E-state index is 12.8. The first-order valence-electron chi connectivity index (χ1n) is 10.1. The van der Waals surface area contributed by atoms with E-state index in [1.54, 1.807) is 48.5 Å². The van der Waals surface area contributed by atoms with E-state index in [4.69, 9.17) is 16.0 Å². The monoisotopic (exact) mass is 473 g/mol. The average Bonchev–Trinajstić information content (AvgIpc) is 3.08. The van der Waals surface area contributed by atoms with Gasteiger partial charge in [0.1, 0.15) is 11.3 Å². The van der Waals surface area contributed by atoms with Crippen LogP contribution in [0.5, 0.6) is 0 Å². The van der Waals surface area contributed by atoms with E-state index >= 15 is 0 Å². The average molecular weight is 474 g/mol. The summed E-state index contributed by atoms with van der Waals surface area (Å²) in [5.41, 5.74) is 2.75. The number of para-hydroxylation sites is 1. The van der Waals surface area contributed by atoms with Gasteiger partial charge in [-0.15, -0.1) is 0 Å². The summed E-state index contributed by atoms with van der Waals surface area (Å²) in [5.74, 6) is 0.137. The lowest BCUT2D eigenvalue weighted by Gasteiger charge is -2.12. The van der Waals surface area contributed by atoms with Gasteiger partial charge in [0.2, 0.25) is 0 Å². The molecule has 1 saturated heterocycles. The maximum absolute atomic E-state index is 12.8. The zero-order chi connectivity index (χ0) is 22.9. The predicted octanol–water partition coefficient (Wildman–Crippen LogP) is 6.35. The molecule has 5 rings (SSSR count). The number of fused-ring (bicyclic) bond motifs is 1. The first-order valence-corrected chi connectivity index (χ1v) is 11.3. The van der Waals surface area contributed by atoms with Gasteiger partial charge >= 0.3 is 0 Å². The largest absolute Gasteiger partial charge is 0.456 e. The Hall–Kier alpha value is -3.61. The van der Waals surface area contributed by atoms with E-state index in [0.717, 1.165) is 28.5 Å². The number of halogens is 1. The van der Waals surface area contributed by atoms with Crippen molar-refractivity contribution in [2.24, 2.45) is 0 Å². The number of carbonyl (C=O) groups excluding carboxylic acids is 2. The van der Waals surface area contributed by atoms with Crippen LogP contribution in [0, 0.1) is 0 Å². The van der Waals surface area contributed by atoms with E-state index in [1.165, 1.54) is 11.0 Å². The lowest BCUT2D eigenvalue weighted by molar-refractivity contribution is -0.123. The minimum atomic E-state index is -0.329. The molecule has 0 aliphatic carbocycles. The standard InChI is InChI=1S/C26H16ClNO4S/c27-19-11-7-17(8-12-19)15-28-25(30)24(33-26(28)31)13-16-5-9-18(10-6-16)23-14-21(29)20-3-1-2-4-22(20)32-23/h1-14H,15H2/b24-13+. The Kier molecular flexibility index (Phi) is 5.62. The molecular weight excluding hydrogens is 458 g/mol. The van der Waals surface area contributed by atoms with Crippen molar-refractivity contribution in [3.8, 4) is 11.3 Å². The van der Waals surface area contributed by atoms with Crippen LogP contribution in [0.4, 0.5) is 4.79 Å². The second-order valence-electron chi connectivity index (χ2n) is 7.49. The van der Waals surface area contributed by atoms with Crippen molar-refractivity contribution in [2.45, 2.75) is 6.54 Å². The van der Waals surface area contributed by atoms with E-state index in [0.29, 0.717) is 26.7 Å². The second kappa shape index (κ2) is 8.73. The Labute approximate surface area is 198 Å². The van der Waals surface area contributed by atoms with Crippen LogP contribution in [-0.2, 0) is 11.3 Å². The highest BCUT2D eigenvalue weighted by Crippen LogP contribution is 2.34. The smallest absolute Gasteiger partial charge is 0.293 e. The summed E-state index contributed by atoms with van der Waals surface area (Å²) in [6.45, 7) is 0.194. The number of rotatable bonds is 4. The molecule has 1 fully saturated rings. The van der Waals surface area contributed by atoms with Gasteiger partial charge in [-0.05, 0) is 53.2 Å². The number of hydrogen-bond donors (Lipinski definition) is 0. The van der Waals surface area contributed by atoms with Gasteiger partial charge in [0.25, 0.3) is 11.1 Å². The lowest BCUT2D eigenvalue weighted by atomic mass is 10.1. The zero-order valence-electron chi connectivity index (χ0n) is 17.2. The molecule has 2 heterocycles. The molecule has 0 spiro atoms. The van der Waals surface area contributed by atoms with Crippen LogP contribution in [0.15, 0.2) is 93.0 Å². The number of carbonyl (C=O) groups is 2. The minimum Gasteiger partial charge on any atom is -0.456 e. The molecule has 0 saturated carbocycles. The van der Waals surface area contributed by atoms with Crippen molar-refractivity contribution in [2.75, 3.05) is 0 Å². The van der Waals surface area contributed by atoms with Gasteiger partial charge in [-0.2, -0.15) is 0 Å². The summed E-state index contributed by atoms with van der Waals surface area (Å²) in [4.78, 5) is 39.1. The highest BCUT2D eigenvalue weighted by Gasteiger charge is 2.34. The van der Waals surface area contributed by atoms with E-state index in [2.05, 4.69) is 0 Å². The van der Waals surface area contributed by atoms with Crippen LogP contribution >= 0.6 is 23.4 Å². The zero-order valence-corrected chi connectivity index (χ0v) is 18.7. The molecule has 0 radical (unpaired) electrons.